The van der Waals surface area contributed by atoms with Crippen LogP contribution in [0.1, 0.15) is 29.5 Å². The molecule has 0 amide bonds. The van der Waals surface area contributed by atoms with Gasteiger partial charge in [0.25, 0.3) is 10.0 Å². The highest BCUT2D eigenvalue weighted by Gasteiger charge is 2.42. The quantitative estimate of drug-likeness (QED) is 0.225. The maximum atomic E-state index is 16.0. The molecule has 11 heteroatoms. The van der Waals surface area contributed by atoms with E-state index in [0.29, 0.717) is 28.8 Å². The largest absolute Gasteiger partial charge is 0.497 e. The zero-order valence-electron chi connectivity index (χ0n) is 24.7. The zero-order chi connectivity index (χ0) is 30.8. The molecule has 1 saturated heterocycles. The van der Waals surface area contributed by atoms with E-state index in [9.17, 15) is 12.8 Å². The Kier molecular flexibility index (Phi) is 8.50. The van der Waals surface area contributed by atoms with Gasteiger partial charge in [-0.05, 0) is 67.0 Å². The van der Waals surface area contributed by atoms with Gasteiger partial charge in [-0.15, -0.1) is 0 Å². The summed E-state index contributed by atoms with van der Waals surface area (Å²) in [5, 5.41) is 2.79. The van der Waals surface area contributed by atoms with Gasteiger partial charge in [0.15, 0.2) is 5.82 Å². The van der Waals surface area contributed by atoms with Gasteiger partial charge in [-0.1, -0.05) is 48.5 Å². The number of ether oxygens (including phenoxy) is 1. The summed E-state index contributed by atoms with van der Waals surface area (Å²) in [7, 11) is -3.06. The minimum Gasteiger partial charge on any atom is -0.497 e. The molecule has 230 valence electrons. The molecule has 4 aromatic rings. The Balaban J connectivity index is 1.24. The Morgan fingerprint density at radius 1 is 0.955 bits per heavy atom. The van der Waals surface area contributed by atoms with Crippen LogP contribution in [0, 0.1) is 30.5 Å². The van der Waals surface area contributed by atoms with Crippen LogP contribution < -0.4 is 14.4 Å². The first-order valence-corrected chi connectivity index (χ1v) is 16.1. The third-order valence-corrected chi connectivity index (χ3v) is 10.4. The maximum Gasteiger partial charge on any atom is 0.286 e. The lowest BCUT2D eigenvalue weighted by Gasteiger charge is -2.39. The van der Waals surface area contributed by atoms with Crippen LogP contribution >= 0.6 is 0 Å². The molecule has 3 heterocycles. The van der Waals surface area contributed by atoms with E-state index in [0.717, 1.165) is 42.8 Å². The Bertz CT molecular complexity index is 1710. The van der Waals surface area contributed by atoms with Gasteiger partial charge in [-0.25, -0.2) is 18.7 Å². The van der Waals surface area contributed by atoms with Crippen LogP contribution in [-0.2, 0) is 23.1 Å². The Morgan fingerprint density at radius 2 is 1.66 bits per heavy atom. The first-order valence-electron chi connectivity index (χ1n) is 14.7. The number of likely N-dealkylation sites (tertiary alicyclic amines) is 1. The molecule has 6 rings (SSSR count). The van der Waals surface area contributed by atoms with E-state index in [4.69, 9.17) is 4.74 Å². The average Bonchev–Trinajstić information content (AvgIpc) is 3.25. The number of aromatic nitrogens is 2. The van der Waals surface area contributed by atoms with Gasteiger partial charge in [-0.2, -0.15) is 12.8 Å². The van der Waals surface area contributed by atoms with E-state index in [1.165, 1.54) is 31.0 Å². The molecule has 2 aromatic carbocycles. The predicted molar refractivity (Wildman–Crippen MR) is 165 cm³/mol. The molecule has 1 N–H and O–H groups in total. The number of halogens is 2. The van der Waals surface area contributed by atoms with Crippen molar-refractivity contribution in [2.24, 2.45) is 11.8 Å². The highest BCUT2D eigenvalue weighted by molar-refractivity contribution is 7.92. The van der Waals surface area contributed by atoms with Crippen molar-refractivity contribution in [3.63, 3.8) is 0 Å². The summed E-state index contributed by atoms with van der Waals surface area (Å²) in [6, 6.07) is 21.1. The molecular weight excluding hydrogens is 584 g/mol. The SMILES string of the molecule is COc1ccc(CN(c2cccc(F)n2)S(=O)(=O)c2ncc(N[C@@H]3[C@@H]4CC[C@H]3CN(Cc3ccccc3)C4)c(C)c2F)cc1. The monoisotopic (exact) mass is 619 g/mol. The molecule has 0 radical (unpaired) electrons. The summed E-state index contributed by atoms with van der Waals surface area (Å²) in [6.45, 7) is 4.11. The van der Waals surface area contributed by atoms with Crippen molar-refractivity contribution in [3.05, 3.63) is 107 Å². The molecule has 0 spiro atoms. The number of fused-ring (bicyclic) bond motifs is 2. The molecule has 0 unspecified atom stereocenters. The van der Waals surface area contributed by atoms with Crippen molar-refractivity contribution >= 4 is 21.5 Å². The second kappa shape index (κ2) is 12.5. The fourth-order valence-corrected chi connectivity index (χ4v) is 7.85. The van der Waals surface area contributed by atoms with Crippen molar-refractivity contribution in [1.29, 1.82) is 0 Å². The molecule has 3 atom stereocenters. The van der Waals surface area contributed by atoms with Gasteiger partial charge in [0.2, 0.25) is 11.0 Å². The molecule has 2 fully saturated rings. The number of anilines is 2. The first kappa shape index (κ1) is 30.0. The van der Waals surface area contributed by atoms with E-state index < -0.39 is 26.8 Å². The lowest BCUT2D eigenvalue weighted by Crippen LogP contribution is -2.47. The van der Waals surface area contributed by atoms with Crippen molar-refractivity contribution in [2.75, 3.05) is 29.8 Å². The summed E-state index contributed by atoms with van der Waals surface area (Å²) < 4.78 is 64.1. The topological polar surface area (TPSA) is 87.7 Å². The summed E-state index contributed by atoms with van der Waals surface area (Å²) in [6.07, 6.45) is 3.55. The van der Waals surface area contributed by atoms with Gasteiger partial charge < -0.3 is 10.1 Å². The first-order chi connectivity index (χ1) is 21.2. The van der Waals surface area contributed by atoms with Gasteiger partial charge in [0.1, 0.15) is 11.6 Å². The van der Waals surface area contributed by atoms with E-state index >= 15 is 4.39 Å². The lowest BCUT2D eigenvalue weighted by atomic mass is 9.91. The smallest absolute Gasteiger partial charge is 0.286 e. The number of nitrogens with one attached hydrogen (secondary N) is 1. The third-order valence-electron chi connectivity index (χ3n) is 8.69. The van der Waals surface area contributed by atoms with Crippen molar-refractivity contribution in [1.82, 2.24) is 14.9 Å². The number of methoxy groups -OCH3 is 1. The molecule has 2 aromatic heterocycles. The number of hydrogen-bond acceptors (Lipinski definition) is 7. The number of nitrogens with zero attached hydrogens (tertiary/aromatic N) is 4. The van der Waals surface area contributed by atoms with Crippen LogP contribution in [0.2, 0.25) is 0 Å². The maximum absolute atomic E-state index is 16.0. The molecular formula is C33H35F2N5O3S. The predicted octanol–water partition coefficient (Wildman–Crippen LogP) is 5.79. The van der Waals surface area contributed by atoms with Crippen molar-refractivity contribution in [2.45, 2.75) is 43.9 Å². The van der Waals surface area contributed by atoms with Crippen LogP contribution in [-0.4, -0.2) is 49.5 Å². The van der Waals surface area contributed by atoms with E-state index in [2.05, 4.69) is 44.5 Å². The van der Waals surface area contributed by atoms with Crippen LogP contribution in [0.5, 0.6) is 5.75 Å². The number of rotatable bonds is 10. The number of benzene rings is 2. The van der Waals surface area contributed by atoms with Gasteiger partial charge in [0, 0.05) is 31.2 Å². The number of sulfonamides is 1. The fourth-order valence-electron chi connectivity index (χ4n) is 6.41. The minimum atomic E-state index is -4.58. The highest BCUT2D eigenvalue weighted by Crippen LogP contribution is 2.40. The Hall–Kier alpha value is -4.09. The van der Waals surface area contributed by atoms with E-state index in [1.807, 2.05) is 6.07 Å². The second-order valence-corrected chi connectivity index (χ2v) is 13.3. The van der Waals surface area contributed by atoms with Crippen LogP contribution in [0.25, 0.3) is 0 Å². The Morgan fingerprint density at radius 3 is 2.32 bits per heavy atom. The number of piperidine rings is 1. The Labute approximate surface area is 256 Å². The normalized spacial score (nSPS) is 20.0. The summed E-state index contributed by atoms with van der Waals surface area (Å²) in [5.74, 6) is -0.606. The zero-order valence-corrected chi connectivity index (χ0v) is 25.5. The fraction of sp³-hybridized carbons (Fsp3) is 0.333. The lowest BCUT2D eigenvalue weighted by molar-refractivity contribution is 0.148. The van der Waals surface area contributed by atoms with Crippen LogP contribution in [0.3, 0.4) is 0 Å². The summed E-state index contributed by atoms with van der Waals surface area (Å²) in [4.78, 5) is 10.4. The summed E-state index contributed by atoms with van der Waals surface area (Å²) >= 11 is 0. The molecule has 44 heavy (non-hydrogen) atoms. The molecule has 2 bridgehead atoms. The molecule has 1 aliphatic heterocycles. The van der Waals surface area contributed by atoms with Crippen molar-refractivity contribution in [3.8, 4) is 5.75 Å². The van der Waals surface area contributed by atoms with E-state index in [-0.39, 0.29) is 24.0 Å². The second-order valence-electron chi connectivity index (χ2n) is 11.5. The van der Waals surface area contributed by atoms with E-state index in [1.54, 1.807) is 31.2 Å². The van der Waals surface area contributed by atoms with Gasteiger partial charge in [-0.3, -0.25) is 4.90 Å². The van der Waals surface area contributed by atoms with Crippen LogP contribution in [0.4, 0.5) is 20.3 Å². The van der Waals surface area contributed by atoms with Gasteiger partial charge in [0.05, 0.1) is 25.5 Å². The molecule has 8 nitrogen and oxygen atoms in total. The molecule has 1 aliphatic carbocycles. The average molecular weight is 620 g/mol. The number of hydrogen-bond donors (Lipinski definition) is 1. The summed E-state index contributed by atoms with van der Waals surface area (Å²) in [5.41, 5.74) is 2.50. The highest BCUT2D eigenvalue weighted by atomic mass is 32.2. The molecule has 2 aliphatic rings. The molecule has 1 saturated carbocycles. The minimum absolute atomic E-state index is 0.146. The van der Waals surface area contributed by atoms with Crippen molar-refractivity contribution < 1.29 is 21.9 Å². The number of pyridine rings is 2. The van der Waals surface area contributed by atoms with Gasteiger partial charge >= 0.3 is 0 Å². The standard InChI is InChI=1S/C33H35F2N5O3S/c1-22-28(37-32-25-13-14-26(32)21-39(20-25)18-23-7-4-3-5-8-23)17-36-33(31(22)35)44(41,42)40(30-10-6-9-29(34)38-30)19-24-11-15-27(43-2)16-12-24/h3-12,15-17,25-26,32,37H,13-14,18-21H2,1-2H3/t25-,26+,32-. The third kappa shape index (κ3) is 6.11. The van der Waals surface area contributed by atoms with Crippen LogP contribution in [0.15, 0.2) is 84.0 Å².